The second-order valence-corrected chi connectivity index (χ2v) is 1.28. The van der Waals surface area contributed by atoms with Gasteiger partial charge in [-0.05, 0) is 13.8 Å². The van der Waals surface area contributed by atoms with Crippen LogP contribution in [0.15, 0.2) is 0 Å². The summed E-state index contributed by atoms with van der Waals surface area (Å²) < 4.78 is 4.75. The van der Waals surface area contributed by atoms with Gasteiger partial charge in [0, 0.05) is 30.2 Å². The van der Waals surface area contributed by atoms with Gasteiger partial charge in [-0.1, -0.05) is 0 Å². The molecule has 1 nitrogen and oxygen atoms in total. The van der Waals surface area contributed by atoms with Crippen LogP contribution < -0.4 is 0 Å². The Kier molecular flexibility index (Phi) is 9.42. The maximum Gasteiger partial charge on any atom is 0.0515 e. The van der Waals surface area contributed by atoms with Crippen molar-refractivity contribution < 1.29 is 4.74 Å². The van der Waals surface area contributed by atoms with Crippen LogP contribution in [0.2, 0.25) is 0 Å². The summed E-state index contributed by atoms with van der Waals surface area (Å²) in [6, 6.07) is 0. The molecule has 0 bridgehead atoms. The summed E-state index contributed by atoms with van der Waals surface area (Å²) in [5, 5.41) is 0. The van der Waals surface area contributed by atoms with Crippen molar-refractivity contribution in [3.63, 3.8) is 0 Å². The van der Waals surface area contributed by atoms with Gasteiger partial charge in [0.2, 0.25) is 0 Å². The molecule has 0 heterocycles. The van der Waals surface area contributed by atoms with Crippen molar-refractivity contribution in [2.75, 3.05) is 7.11 Å². The third kappa shape index (κ3) is 8.83. The van der Waals surface area contributed by atoms with Gasteiger partial charge in [-0.3, -0.25) is 0 Å². The molecule has 2 heteroatoms. The molecule has 0 fully saturated rings. The van der Waals surface area contributed by atoms with Gasteiger partial charge in [0.15, 0.2) is 0 Å². The quantitative estimate of drug-likeness (QED) is 0.438. The summed E-state index contributed by atoms with van der Waals surface area (Å²) in [4.78, 5) is 0. The molecule has 0 saturated carbocycles. The van der Waals surface area contributed by atoms with Gasteiger partial charge >= 0.3 is 0 Å². The predicted molar refractivity (Wildman–Crippen MR) is 27.9 cm³/mol. The molecule has 0 saturated heterocycles. The SMILES string of the molecule is COC(C)C.[Mg]. The highest BCUT2D eigenvalue weighted by atomic mass is 24.3. The Morgan fingerprint density at radius 1 is 1.33 bits per heavy atom. The first kappa shape index (κ1) is 9.87. The van der Waals surface area contributed by atoms with Gasteiger partial charge in [-0.25, -0.2) is 0 Å². The van der Waals surface area contributed by atoms with Crippen LogP contribution >= 0.6 is 0 Å². The van der Waals surface area contributed by atoms with Crippen LogP contribution in [0.1, 0.15) is 13.8 Å². The van der Waals surface area contributed by atoms with E-state index in [-0.39, 0.29) is 23.1 Å². The van der Waals surface area contributed by atoms with Gasteiger partial charge in [-0.15, -0.1) is 0 Å². The lowest BCUT2D eigenvalue weighted by Gasteiger charge is -1.94. The first-order valence-electron chi connectivity index (χ1n) is 1.80. The molecule has 0 aliphatic rings. The fourth-order valence-corrected chi connectivity index (χ4v) is 0. The van der Waals surface area contributed by atoms with E-state index in [1.807, 2.05) is 13.8 Å². The Labute approximate surface area is 55.2 Å². The summed E-state index contributed by atoms with van der Waals surface area (Å²) >= 11 is 0. The minimum atomic E-state index is 0. The molecule has 6 heavy (non-hydrogen) atoms. The lowest BCUT2D eigenvalue weighted by molar-refractivity contribution is 0.134. The zero-order valence-corrected chi connectivity index (χ0v) is 6.11. The van der Waals surface area contributed by atoms with E-state index in [2.05, 4.69) is 0 Å². The number of rotatable bonds is 1. The molecule has 0 atom stereocenters. The molecule has 0 spiro atoms. The average molecular weight is 98.4 g/mol. The number of methoxy groups -OCH3 is 1. The molecule has 0 aromatic rings. The van der Waals surface area contributed by atoms with Crippen molar-refractivity contribution in [1.82, 2.24) is 0 Å². The summed E-state index contributed by atoms with van der Waals surface area (Å²) in [5.74, 6) is 0. The Hall–Kier alpha value is 0.726. The van der Waals surface area contributed by atoms with E-state index in [4.69, 9.17) is 4.74 Å². The second-order valence-electron chi connectivity index (χ2n) is 1.28. The van der Waals surface area contributed by atoms with E-state index < -0.39 is 0 Å². The minimum Gasteiger partial charge on any atom is -0.382 e. The second kappa shape index (κ2) is 5.73. The third-order valence-electron chi connectivity index (χ3n) is 0.471. The van der Waals surface area contributed by atoms with Gasteiger partial charge in [-0.2, -0.15) is 0 Å². The van der Waals surface area contributed by atoms with E-state index in [9.17, 15) is 0 Å². The van der Waals surface area contributed by atoms with Crippen LogP contribution in [0.25, 0.3) is 0 Å². The smallest absolute Gasteiger partial charge is 0.0515 e. The maximum absolute atomic E-state index is 4.75. The topological polar surface area (TPSA) is 9.23 Å². The van der Waals surface area contributed by atoms with E-state index in [1.165, 1.54) is 0 Å². The summed E-state index contributed by atoms with van der Waals surface area (Å²) in [6.45, 7) is 4.00. The van der Waals surface area contributed by atoms with E-state index >= 15 is 0 Å². The van der Waals surface area contributed by atoms with Crippen molar-refractivity contribution in [1.29, 1.82) is 0 Å². The van der Waals surface area contributed by atoms with Crippen molar-refractivity contribution >= 4 is 23.1 Å². The largest absolute Gasteiger partial charge is 0.382 e. The van der Waals surface area contributed by atoms with Crippen molar-refractivity contribution in [2.24, 2.45) is 0 Å². The summed E-state index contributed by atoms with van der Waals surface area (Å²) in [5.41, 5.74) is 0. The maximum atomic E-state index is 4.75. The minimum absolute atomic E-state index is 0. The molecule has 0 N–H and O–H groups in total. The van der Waals surface area contributed by atoms with Crippen LogP contribution in [0.3, 0.4) is 0 Å². The molecular formula is C4H10MgO. The molecule has 34 valence electrons. The van der Waals surface area contributed by atoms with E-state index in [0.29, 0.717) is 6.10 Å². The van der Waals surface area contributed by atoms with Gasteiger partial charge < -0.3 is 4.74 Å². The third-order valence-corrected chi connectivity index (χ3v) is 0.471. The highest BCUT2D eigenvalue weighted by Gasteiger charge is 1.78. The van der Waals surface area contributed by atoms with Crippen LogP contribution in [-0.2, 0) is 4.74 Å². The molecule has 0 aliphatic heterocycles. The average Bonchev–Trinajstić information content (AvgIpc) is 1.38. The van der Waals surface area contributed by atoms with Gasteiger partial charge in [0.1, 0.15) is 0 Å². The molecule has 0 aromatic heterocycles. The highest BCUT2D eigenvalue weighted by Crippen LogP contribution is 1.77. The van der Waals surface area contributed by atoms with Crippen molar-refractivity contribution in [3.8, 4) is 0 Å². The van der Waals surface area contributed by atoms with Crippen molar-refractivity contribution in [2.45, 2.75) is 20.0 Å². The van der Waals surface area contributed by atoms with Gasteiger partial charge in [0.05, 0.1) is 6.10 Å². The lowest BCUT2D eigenvalue weighted by atomic mass is 10.5. The number of ether oxygens (including phenoxy) is 1. The van der Waals surface area contributed by atoms with Crippen LogP contribution in [0, 0.1) is 0 Å². The molecule has 2 radical (unpaired) electrons. The van der Waals surface area contributed by atoms with E-state index in [0.717, 1.165) is 0 Å². The standard InChI is InChI=1S/C4H10O.Mg/c1-4(2)5-3;/h4H,1-3H3;. The first-order chi connectivity index (χ1) is 2.27. The fourth-order valence-electron chi connectivity index (χ4n) is 0. The van der Waals surface area contributed by atoms with Crippen LogP contribution in [0.5, 0.6) is 0 Å². The Balaban J connectivity index is 0. The Morgan fingerprint density at radius 3 is 1.50 bits per heavy atom. The highest BCUT2D eigenvalue weighted by molar-refractivity contribution is 5.75. The zero-order chi connectivity index (χ0) is 4.28. The Bertz CT molecular complexity index is 21.5. The fraction of sp³-hybridized carbons (Fsp3) is 1.00. The number of hydrogen-bond donors (Lipinski definition) is 0. The lowest BCUT2D eigenvalue weighted by Crippen LogP contribution is -1.94. The molecule has 0 aliphatic carbocycles. The van der Waals surface area contributed by atoms with Crippen LogP contribution in [-0.4, -0.2) is 36.3 Å². The summed E-state index contributed by atoms with van der Waals surface area (Å²) in [6.07, 6.45) is 0.384. The molecule has 0 aromatic carbocycles. The van der Waals surface area contributed by atoms with Crippen LogP contribution in [0.4, 0.5) is 0 Å². The molecule has 0 rings (SSSR count). The zero-order valence-electron chi connectivity index (χ0n) is 4.69. The molecule has 0 unspecified atom stereocenters. The van der Waals surface area contributed by atoms with Gasteiger partial charge in [0.25, 0.3) is 0 Å². The molecular weight excluding hydrogens is 88.3 g/mol. The summed E-state index contributed by atoms with van der Waals surface area (Å²) in [7, 11) is 1.70. The van der Waals surface area contributed by atoms with Crippen molar-refractivity contribution in [3.05, 3.63) is 0 Å². The molecule has 0 amide bonds. The predicted octanol–water partition coefficient (Wildman–Crippen LogP) is 0.660. The normalized spacial score (nSPS) is 8.00. The van der Waals surface area contributed by atoms with E-state index in [1.54, 1.807) is 7.11 Å². The Morgan fingerprint density at radius 2 is 1.50 bits per heavy atom. The first-order valence-corrected chi connectivity index (χ1v) is 1.80. The monoisotopic (exact) mass is 98.1 g/mol. The number of hydrogen-bond acceptors (Lipinski definition) is 1.